The van der Waals surface area contributed by atoms with Crippen LogP contribution in [-0.2, 0) is 14.3 Å². The van der Waals surface area contributed by atoms with Gasteiger partial charge < -0.3 is 9.64 Å². The largest absolute Gasteiger partial charge is 0.393 e. The Hall–Kier alpha value is -2.88. The van der Waals surface area contributed by atoms with Crippen LogP contribution < -0.4 is 4.90 Å². The summed E-state index contributed by atoms with van der Waals surface area (Å²) in [5.74, 6) is -1.03. The van der Waals surface area contributed by atoms with E-state index in [1.807, 2.05) is 24.3 Å². The predicted octanol–water partition coefficient (Wildman–Crippen LogP) is 3.76. The molecule has 0 radical (unpaired) electrons. The van der Waals surface area contributed by atoms with Crippen LogP contribution in [-0.4, -0.2) is 18.5 Å². The Bertz CT molecular complexity index is 892. The SMILES string of the molecule is O=C1OC(=O)[C@@H]2CC=C[C@@H]([C@@H]3CN(c4ccccc4)[C@H]3c3ccccc3)[C@H]12. The molecule has 2 aromatic carbocycles. The average Bonchev–Trinajstić information content (AvgIpc) is 2.97. The number of hydrogen-bond acceptors (Lipinski definition) is 4. The molecule has 0 N–H and O–H groups in total. The Morgan fingerprint density at radius 3 is 2.33 bits per heavy atom. The van der Waals surface area contributed by atoms with Crippen molar-refractivity contribution in [3.05, 3.63) is 78.4 Å². The molecular formula is C23H21NO3. The first-order valence-electron chi connectivity index (χ1n) is 9.53. The van der Waals surface area contributed by atoms with Gasteiger partial charge in [-0.05, 0) is 30.0 Å². The van der Waals surface area contributed by atoms with Crippen molar-refractivity contribution < 1.29 is 14.3 Å². The molecule has 136 valence electrons. The van der Waals surface area contributed by atoms with E-state index in [0.717, 1.165) is 6.54 Å². The number of para-hydroxylation sites is 1. The van der Waals surface area contributed by atoms with Gasteiger partial charge in [0, 0.05) is 18.2 Å². The van der Waals surface area contributed by atoms with E-state index < -0.39 is 0 Å². The highest BCUT2D eigenvalue weighted by Gasteiger charge is 2.55. The summed E-state index contributed by atoms with van der Waals surface area (Å²) in [6, 6.07) is 21.0. The first-order valence-corrected chi connectivity index (χ1v) is 9.53. The maximum Gasteiger partial charge on any atom is 0.318 e. The topological polar surface area (TPSA) is 46.6 Å². The van der Waals surface area contributed by atoms with E-state index in [9.17, 15) is 9.59 Å². The van der Waals surface area contributed by atoms with Crippen LogP contribution in [0.15, 0.2) is 72.8 Å². The third-order valence-electron chi connectivity index (χ3n) is 6.24. The minimum Gasteiger partial charge on any atom is -0.393 e. The number of nitrogens with zero attached hydrogens (tertiary/aromatic N) is 1. The highest BCUT2D eigenvalue weighted by molar-refractivity contribution is 5.97. The van der Waals surface area contributed by atoms with Gasteiger partial charge in [-0.3, -0.25) is 9.59 Å². The predicted molar refractivity (Wildman–Crippen MR) is 102 cm³/mol. The Morgan fingerprint density at radius 1 is 0.889 bits per heavy atom. The fourth-order valence-corrected chi connectivity index (χ4v) is 4.96. The number of rotatable bonds is 3. The molecule has 2 fully saturated rings. The lowest BCUT2D eigenvalue weighted by Gasteiger charge is -2.54. The number of fused-ring (bicyclic) bond motifs is 1. The summed E-state index contributed by atoms with van der Waals surface area (Å²) >= 11 is 0. The highest BCUT2D eigenvalue weighted by atomic mass is 16.6. The zero-order valence-electron chi connectivity index (χ0n) is 14.9. The van der Waals surface area contributed by atoms with E-state index in [1.165, 1.54) is 11.3 Å². The molecule has 0 unspecified atom stereocenters. The molecule has 4 heteroatoms. The second kappa shape index (κ2) is 6.38. The minimum absolute atomic E-state index is 0.0351. The fourth-order valence-electron chi connectivity index (χ4n) is 4.96. The summed E-state index contributed by atoms with van der Waals surface area (Å²) in [4.78, 5) is 26.8. The third kappa shape index (κ3) is 2.59. The lowest BCUT2D eigenvalue weighted by molar-refractivity contribution is -0.154. The number of anilines is 1. The van der Waals surface area contributed by atoms with Crippen LogP contribution in [0.5, 0.6) is 0 Å². The summed E-state index contributed by atoms with van der Waals surface area (Å²) in [6.45, 7) is 0.864. The summed E-state index contributed by atoms with van der Waals surface area (Å²) in [5.41, 5.74) is 2.43. The summed E-state index contributed by atoms with van der Waals surface area (Å²) in [7, 11) is 0. The van der Waals surface area contributed by atoms with E-state index in [4.69, 9.17) is 4.74 Å². The van der Waals surface area contributed by atoms with E-state index in [0.29, 0.717) is 6.42 Å². The number of ether oxygens (including phenoxy) is 1. The number of allylic oxidation sites excluding steroid dienone is 2. The van der Waals surface area contributed by atoms with E-state index >= 15 is 0 Å². The van der Waals surface area contributed by atoms with Crippen molar-refractivity contribution in [1.82, 2.24) is 0 Å². The van der Waals surface area contributed by atoms with Crippen LogP contribution in [0.3, 0.4) is 0 Å². The van der Waals surface area contributed by atoms with Crippen LogP contribution in [0, 0.1) is 23.7 Å². The van der Waals surface area contributed by atoms with Gasteiger partial charge in [-0.1, -0.05) is 60.7 Å². The maximum atomic E-state index is 12.4. The van der Waals surface area contributed by atoms with Gasteiger partial charge in [0.2, 0.25) is 0 Å². The standard InChI is InChI=1S/C23H21NO3/c25-22-18-13-7-12-17(20(18)23(26)27-22)19-14-24(16-10-5-2-6-11-16)21(19)15-8-3-1-4-9-15/h1-12,17-21H,13-14H2/t17-,18+,19-,20-,21-/m0/s1. The van der Waals surface area contributed by atoms with Crippen LogP contribution in [0.25, 0.3) is 0 Å². The van der Waals surface area contributed by atoms with Gasteiger partial charge in [-0.2, -0.15) is 0 Å². The quantitative estimate of drug-likeness (QED) is 0.476. The molecule has 0 saturated carbocycles. The molecule has 3 aliphatic rings. The van der Waals surface area contributed by atoms with Gasteiger partial charge in [-0.25, -0.2) is 0 Å². The van der Waals surface area contributed by atoms with Gasteiger partial charge in [0.25, 0.3) is 0 Å². The first-order chi connectivity index (χ1) is 13.2. The Morgan fingerprint density at radius 2 is 1.59 bits per heavy atom. The minimum atomic E-state index is -0.352. The third-order valence-corrected chi connectivity index (χ3v) is 6.24. The fraction of sp³-hybridized carbons (Fsp3) is 0.304. The second-order valence-electron chi connectivity index (χ2n) is 7.62. The highest BCUT2D eigenvalue weighted by Crippen LogP contribution is 2.51. The summed E-state index contributed by atoms with van der Waals surface area (Å²) < 4.78 is 4.98. The molecule has 0 amide bonds. The van der Waals surface area contributed by atoms with Crippen LogP contribution >= 0.6 is 0 Å². The lowest BCUT2D eigenvalue weighted by Crippen LogP contribution is -2.55. The number of esters is 2. The monoisotopic (exact) mass is 359 g/mol. The number of carbonyl (C=O) groups excluding carboxylic acids is 2. The molecule has 0 aromatic heterocycles. The molecule has 0 spiro atoms. The molecule has 2 aromatic rings. The Balaban J connectivity index is 1.50. The zero-order chi connectivity index (χ0) is 18.4. The average molecular weight is 359 g/mol. The van der Waals surface area contributed by atoms with Crippen molar-refractivity contribution in [2.45, 2.75) is 12.5 Å². The van der Waals surface area contributed by atoms with E-state index in [1.54, 1.807) is 0 Å². The number of hydrogen-bond donors (Lipinski definition) is 0. The molecule has 1 aliphatic carbocycles. The van der Waals surface area contributed by atoms with Crippen molar-refractivity contribution in [3.63, 3.8) is 0 Å². The van der Waals surface area contributed by atoms with Gasteiger partial charge in [0.05, 0.1) is 17.9 Å². The number of carbonyl (C=O) groups is 2. The van der Waals surface area contributed by atoms with Gasteiger partial charge in [0.1, 0.15) is 0 Å². The summed E-state index contributed by atoms with van der Waals surface area (Å²) in [5, 5.41) is 0. The van der Waals surface area contributed by atoms with Crippen LogP contribution in [0.4, 0.5) is 5.69 Å². The van der Waals surface area contributed by atoms with Gasteiger partial charge in [0.15, 0.2) is 0 Å². The second-order valence-corrected chi connectivity index (χ2v) is 7.62. The molecule has 2 aliphatic heterocycles. The molecule has 5 rings (SSSR count). The summed E-state index contributed by atoms with van der Waals surface area (Å²) in [6.07, 6.45) is 4.81. The molecule has 4 nitrogen and oxygen atoms in total. The zero-order valence-corrected chi connectivity index (χ0v) is 14.9. The van der Waals surface area contributed by atoms with Crippen LogP contribution in [0.2, 0.25) is 0 Å². The van der Waals surface area contributed by atoms with Crippen molar-refractivity contribution in [2.24, 2.45) is 23.7 Å². The molecule has 2 heterocycles. The van der Waals surface area contributed by atoms with E-state index in [2.05, 4.69) is 53.5 Å². The smallest absolute Gasteiger partial charge is 0.318 e. The molecule has 2 saturated heterocycles. The van der Waals surface area contributed by atoms with Gasteiger partial charge >= 0.3 is 11.9 Å². The van der Waals surface area contributed by atoms with Crippen LogP contribution in [0.1, 0.15) is 18.0 Å². The number of cyclic esters (lactones) is 2. The van der Waals surface area contributed by atoms with Crippen molar-refractivity contribution >= 4 is 17.6 Å². The molecule has 0 bridgehead atoms. The Kier molecular flexibility index (Phi) is 3.85. The van der Waals surface area contributed by atoms with Crippen molar-refractivity contribution in [1.29, 1.82) is 0 Å². The Labute approximate surface area is 158 Å². The maximum absolute atomic E-state index is 12.4. The first kappa shape index (κ1) is 16.3. The molecular weight excluding hydrogens is 338 g/mol. The normalized spacial score (nSPS) is 32.0. The van der Waals surface area contributed by atoms with E-state index in [-0.39, 0.29) is 41.7 Å². The number of benzene rings is 2. The van der Waals surface area contributed by atoms with Crippen molar-refractivity contribution in [2.75, 3.05) is 11.4 Å². The lowest BCUT2D eigenvalue weighted by atomic mass is 9.65. The molecule has 27 heavy (non-hydrogen) atoms. The molecule has 5 atom stereocenters. The van der Waals surface area contributed by atoms with Crippen molar-refractivity contribution in [3.8, 4) is 0 Å². The van der Waals surface area contributed by atoms with Gasteiger partial charge in [-0.15, -0.1) is 0 Å².